The molecular formula is C22H20BrN5O3. The van der Waals surface area contributed by atoms with Crippen molar-refractivity contribution in [3.8, 4) is 17.5 Å². The molecule has 1 fully saturated rings. The maximum Gasteiger partial charge on any atom is 0.232 e. The normalized spacial score (nSPS) is 14.6. The van der Waals surface area contributed by atoms with Crippen LogP contribution in [0.25, 0.3) is 11.3 Å². The Kier molecular flexibility index (Phi) is 6.50. The number of nitrogens with zero attached hydrogens (tertiary/aromatic N) is 5. The van der Waals surface area contributed by atoms with E-state index in [0.717, 1.165) is 10.2 Å². The van der Waals surface area contributed by atoms with E-state index in [9.17, 15) is 10.4 Å². The van der Waals surface area contributed by atoms with Crippen LogP contribution in [0, 0.1) is 11.3 Å². The van der Waals surface area contributed by atoms with Crippen LogP contribution in [0.2, 0.25) is 0 Å². The summed E-state index contributed by atoms with van der Waals surface area (Å²) in [6, 6.07) is 18.8. The predicted octanol–water partition coefficient (Wildman–Crippen LogP) is 3.74. The van der Waals surface area contributed by atoms with Crippen molar-refractivity contribution in [2.75, 3.05) is 37.8 Å². The van der Waals surface area contributed by atoms with Crippen molar-refractivity contribution in [2.24, 2.45) is 0 Å². The molecule has 0 aliphatic carbocycles. The highest BCUT2D eigenvalue weighted by molar-refractivity contribution is 9.10. The van der Waals surface area contributed by atoms with E-state index in [1.54, 1.807) is 16.7 Å². The van der Waals surface area contributed by atoms with E-state index in [1.807, 2.05) is 42.5 Å². The second kappa shape index (κ2) is 9.64. The van der Waals surface area contributed by atoms with Crippen molar-refractivity contribution in [1.82, 2.24) is 14.8 Å². The van der Waals surface area contributed by atoms with Crippen molar-refractivity contribution in [2.45, 2.75) is 0 Å². The Labute approximate surface area is 188 Å². The highest BCUT2D eigenvalue weighted by Crippen LogP contribution is 2.27. The Balaban J connectivity index is 1.71. The maximum absolute atomic E-state index is 10.7. The Bertz CT molecular complexity index is 1120. The molecule has 3 aromatic rings. The standard InChI is InChI=1S/C22H20BrN5O3/c23-16-5-4-8-18(13-16)31-15-20(29)19(14-24)21-25-26-22(27-9-11-30-12-10-27)28(21)17-6-2-1-3-7-17/h1-8,13,29H,9-12,15H2. The Morgan fingerprint density at radius 1 is 1.13 bits per heavy atom. The molecule has 8 nitrogen and oxygen atoms in total. The monoisotopic (exact) mass is 481 g/mol. The summed E-state index contributed by atoms with van der Waals surface area (Å²) < 4.78 is 13.7. The summed E-state index contributed by atoms with van der Waals surface area (Å²) in [7, 11) is 0. The van der Waals surface area contributed by atoms with Crippen LogP contribution in [0.5, 0.6) is 5.75 Å². The first-order chi connectivity index (χ1) is 15.2. The third-order valence-corrected chi connectivity index (χ3v) is 5.24. The lowest BCUT2D eigenvalue weighted by molar-refractivity contribution is 0.122. The third-order valence-electron chi connectivity index (χ3n) is 4.75. The van der Waals surface area contributed by atoms with Crippen molar-refractivity contribution in [1.29, 1.82) is 5.26 Å². The molecule has 1 saturated heterocycles. The molecule has 0 atom stereocenters. The summed E-state index contributed by atoms with van der Waals surface area (Å²) in [6.45, 7) is 2.32. The molecular weight excluding hydrogens is 462 g/mol. The van der Waals surface area contributed by atoms with Gasteiger partial charge < -0.3 is 19.5 Å². The molecule has 31 heavy (non-hydrogen) atoms. The number of aliphatic hydroxyl groups excluding tert-OH is 1. The van der Waals surface area contributed by atoms with E-state index in [-0.39, 0.29) is 23.8 Å². The topological polar surface area (TPSA) is 96.4 Å². The lowest BCUT2D eigenvalue weighted by atomic mass is 10.2. The Morgan fingerprint density at radius 3 is 2.61 bits per heavy atom. The van der Waals surface area contributed by atoms with Gasteiger partial charge in [-0.2, -0.15) is 5.26 Å². The van der Waals surface area contributed by atoms with Crippen LogP contribution in [0.3, 0.4) is 0 Å². The van der Waals surface area contributed by atoms with Crippen molar-refractivity contribution in [3.63, 3.8) is 0 Å². The summed E-state index contributed by atoms with van der Waals surface area (Å²) in [5, 5.41) is 29.1. The number of allylic oxidation sites excluding steroid dienone is 1. The lowest BCUT2D eigenvalue weighted by Gasteiger charge is -2.28. The van der Waals surface area contributed by atoms with Gasteiger partial charge >= 0.3 is 0 Å². The minimum absolute atomic E-state index is 0.00543. The number of hydrogen-bond acceptors (Lipinski definition) is 7. The minimum Gasteiger partial charge on any atom is -0.507 e. The predicted molar refractivity (Wildman–Crippen MR) is 119 cm³/mol. The molecule has 4 rings (SSSR count). The molecule has 0 spiro atoms. The Hall–Kier alpha value is -3.35. The maximum atomic E-state index is 10.7. The van der Waals surface area contributed by atoms with Crippen LogP contribution in [0.15, 0.2) is 64.8 Å². The van der Waals surface area contributed by atoms with E-state index in [2.05, 4.69) is 37.1 Å². The summed E-state index contributed by atoms with van der Waals surface area (Å²) in [4.78, 5) is 2.05. The molecule has 0 bridgehead atoms. The molecule has 1 aromatic heterocycles. The first-order valence-corrected chi connectivity index (χ1v) is 10.5. The van der Waals surface area contributed by atoms with Gasteiger partial charge in [-0.05, 0) is 30.3 Å². The summed E-state index contributed by atoms with van der Waals surface area (Å²) in [5.74, 6) is 1.20. The minimum atomic E-state index is -0.222. The first-order valence-electron chi connectivity index (χ1n) is 9.72. The fourth-order valence-corrected chi connectivity index (χ4v) is 3.62. The van der Waals surface area contributed by atoms with Gasteiger partial charge in [0, 0.05) is 17.6 Å². The first kappa shape index (κ1) is 20.9. The number of aromatic nitrogens is 3. The number of benzene rings is 2. The highest BCUT2D eigenvalue weighted by Gasteiger charge is 2.25. The van der Waals surface area contributed by atoms with Crippen LogP contribution < -0.4 is 9.64 Å². The number of morpholine rings is 1. The smallest absolute Gasteiger partial charge is 0.232 e. The van der Waals surface area contributed by atoms with E-state index in [0.29, 0.717) is 38.0 Å². The number of para-hydroxylation sites is 1. The van der Waals surface area contributed by atoms with Gasteiger partial charge in [-0.3, -0.25) is 4.57 Å². The van der Waals surface area contributed by atoms with E-state index in [4.69, 9.17) is 9.47 Å². The van der Waals surface area contributed by atoms with Gasteiger partial charge in [0.15, 0.2) is 11.6 Å². The molecule has 2 aromatic carbocycles. The number of rotatable bonds is 6. The van der Waals surface area contributed by atoms with Crippen LogP contribution in [-0.2, 0) is 4.74 Å². The van der Waals surface area contributed by atoms with Crippen molar-refractivity contribution < 1.29 is 14.6 Å². The average molecular weight is 482 g/mol. The van der Waals surface area contributed by atoms with Crippen LogP contribution in [-0.4, -0.2) is 52.8 Å². The SMILES string of the molecule is N#CC(=C(O)COc1cccc(Br)c1)c1nnc(N2CCOCC2)n1-c1ccccc1. The fourth-order valence-electron chi connectivity index (χ4n) is 3.25. The lowest BCUT2D eigenvalue weighted by Crippen LogP contribution is -2.38. The average Bonchev–Trinajstić information content (AvgIpc) is 3.24. The molecule has 1 aliphatic rings. The van der Waals surface area contributed by atoms with Gasteiger partial charge in [-0.25, -0.2) is 0 Å². The van der Waals surface area contributed by atoms with E-state index < -0.39 is 0 Å². The molecule has 2 heterocycles. The second-order valence-corrected chi connectivity index (χ2v) is 7.69. The zero-order valence-electron chi connectivity index (χ0n) is 16.6. The molecule has 1 N–H and O–H groups in total. The molecule has 158 valence electrons. The zero-order chi connectivity index (χ0) is 21.6. The van der Waals surface area contributed by atoms with Gasteiger partial charge in [0.25, 0.3) is 0 Å². The number of hydrogen-bond donors (Lipinski definition) is 1. The number of ether oxygens (including phenoxy) is 2. The summed E-state index contributed by atoms with van der Waals surface area (Å²) in [5.41, 5.74) is 0.795. The number of nitriles is 1. The highest BCUT2D eigenvalue weighted by atomic mass is 79.9. The molecule has 0 radical (unpaired) electrons. The van der Waals surface area contributed by atoms with Gasteiger partial charge in [0.2, 0.25) is 5.95 Å². The quantitative estimate of drug-likeness (QED) is 0.423. The Morgan fingerprint density at radius 2 is 1.90 bits per heavy atom. The third kappa shape index (κ3) is 4.71. The van der Waals surface area contributed by atoms with Gasteiger partial charge in [-0.15, -0.1) is 10.2 Å². The summed E-state index contributed by atoms with van der Waals surface area (Å²) in [6.07, 6.45) is 0. The molecule has 0 amide bonds. The van der Waals surface area contributed by atoms with Crippen molar-refractivity contribution in [3.05, 3.63) is 70.7 Å². The largest absolute Gasteiger partial charge is 0.507 e. The van der Waals surface area contributed by atoms with Crippen LogP contribution in [0.4, 0.5) is 5.95 Å². The molecule has 0 saturated carbocycles. The van der Waals surface area contributed by atoms with Crippen LogP contribution >= 0.6 is 15.9 Å². The second-order valence-electron chi connectivity index (χ2n) is 6.77. The fraction of sp³-hybridized carbons (Fsp3) is 0.227. The van der Waals surface area contributed by atoms with Crippen LogP contribution in [0.1, 0.15) is 5.82 Å². The molecule has 0 unspecified atom stereocenters. The zero-order valence-corrected chi connectivity index (χ0v) is 18.2. The van der Waals surface area contributed by atoms with Gasteiger partial charge in [0.1, 0.15) is 24.0 Å². The summed E-state index contributed by atoms with van der Waals surface area (Å²) >= 11 is 3.38. The van der Waals surface area contributed by atoms with E-state index >= 15 is 0 Å². The van der Waals surface area contributed by atoms with Gasteiger partial charge in [-0.1, -0.05) is 40.2 Å². The van der Waals surface area contributed by atoms with Crippen molar-refractivity contribution >= 4 is 27.5 Å². The van der Waals surface area contributed by atoms with Gasteiger partial charge in [0.05, 0.1) is 18.9 Å². The molecule has 1 aliphatic heterocycles. The van der Waals surface area contributed by atoms with E-state index in [1.165, 1.54) is 0 Å². The number of halogens is 1. The number of anilines is 1. The molecule has 9 heteroatoms. The number of aliphatic hydroxyl groups is 1.